The molecule has 4 aromatic rings. The van der Waals surface area contributed by atoms with Gasteiger partial charge in [0, 0.05) is 30.8 Å². The summed E-state index contributed by atoms with van der Waals surface area (Å²) in [6.07, 6.45) is -1.42. The van der Waals surface area contributed by atoms with E-state index in [1.807, 2.05) is 19.1 Å². The lowest BCUT2D eigenvalue weighted by molar-refractivity contribution is -0.384. The van der Waals surface area contributed by atoms with Crippen molar-refractivity contribution < 1.29 is 50.7 Å². The third kappa shape index (κ3) is 10.9. The van der Waals surface area contributed by atoms with Crippen LogP contribution in [0.2, 0.25) is 0 Å². The van der Waals surface area contributed by atoms with Crippen LogP contribution in [-0.4, -0.2) is 48.3 Å². The minimum atomic E-state index is -2.43. The number of likely N-dealkylation sites (N-methyl/N-ethyl adjacent to an activating group) is 1. The molecule has 280 valence electrons. The first kappa shape index (κ1) is 39.7. The highest BCUT2D eigenvalue weighted by molar-refractivity contribution is 5.83. The van der Waals surface area contributed by atoms with E-state index in [4.69, 9.17) is 9.47 Å². The molecule has 1 atom stereocenters. The van der Waals surface area contributed by atoms with Crippen molar-refractivity contribution in [2.45, 2.75) is 45.8 Å². The summed E-state index contributed by atoms with van der Waals surface area (Å²) in [6, 6.07) is 17.5. The van der Waals surface area contributed by atoms with Gasteiger partial charge in [0.05, 0.1) is 22.8 Å². The predicted octanol–water partition coefficient (Wildman–Crippen LogP) is 8.65. The molecule has 0 unspecified atom stereocenters. The number of non-ortho nitro benzene ring substituents is 1. The Morgan fingerprint density at radius 1 is 0.830 bits per heavy atom. The molecular formula is C36H34F5N5O7. The van der Waals surface area contributed by atoms with Crippen molar-refractivity contribution >= 4 is 34.8 Å². The Hall–Kier alpha value is -6.13. The normalized spacial score (nSPS) is 11.9. The quantitative estimate of drug-likeness (QED) is 0.0198. The summed E-state index contributed by atoms with van der Waals surface area (Å²) in [5.41, 5.74) is 1.30. The number of amides is 1. The van der Waals surface area contributed by atoms with Crippen LogP contribution in [0.3, 0.4) is 0 Å². The Bertz CT molecular complexity index is 1930. The van der Waals surface area contributed by atoms with Gasteiger partial charge < -0.3 is 24.4 Å². The molecule has 4 aromatic carbocycles. The molecular weight excluding hydrogens is 709 g/mol. The number of azo groups is 1. The van der Waals surface area contributed by atoms with Crippen molar-refractivity contribution in [1.29, 1.82) is 0 Å². The Labute approximate surface area is 300 Å². The van der Waals surface area contributed by atoms with E-state index in [-0.39, 0.29) is 18.7 Å². The van der Waals surface area contributed by atoms with Gasteiger partial charge in [-0.2, -0.15) is 19.0 Å². The molecule has 1 amide bonds. The molecule has 0 aromatic heterocycles. The van der Waals surface area contributed by atoms with Gasteiger partial charge in [0.15, 0.2) is 0 Å². The Balaban J connectivity index is 1.37. The van der Waals surface area contributed by atoms with E-state index < -0.39 is 63.5 Å². The number of carbonyl (C=O) groups is 2. The molecule has 0 bridgehead atoms. The fraction of sp³-hybridized carbons (Fsp3) is 0.278. The summed E-state index contributed by atoms with van der Waals surface area (Å²) in [5, 5.41) is 21.3. The van der Waals surface area contributed by atoms with Gasteiger partial charge in [-0.3, -0.25) is 10.1 Å². The van der Waals surface area contributed by atoms with E-state index in [0.717, 1.165) is 5.69 Å². The Kier molecular flexibility index (Phi) is 13.0. The van der Waals surface area contributed by atoms with Gasteiger partial charge in [-0.1, -0.05) is 12.1 Å². The number of rotatable bonds is 14. The summed E-state index contributed by atoms with van der Waals surface area (Å²) in [5.74, 6) is -14.6. The summed E-state index contributed by atoms with van der Waals surface area (Å²) in [6.45, 7) is 8.02. The second-order valence-corrected chi connectivity index (χ2v) is 12.3. The summed E-state index contributed by atoms with van der Waals surface area (Å²) in [7, 11) is 0. The van der Waals surface area contributed by atoms with E-state index in [9.17, 15) is 41.7 Å². The maximum absolute atomic E-state index is 14.2. The van der Waals surface area contributed by atoms with Crippen LogP contribution in [0.1, 0.15) is 33.3 Å². The zero-order chi connectivity index (χ0) is 38.9. The standard InChI is InChI=1S/C36H34F5N5O7/c1-5-45(24-12-8-22(9-13-24)43-44-23-10-14-25(15-11-23)46(49)50)18-19-51-26-16-6-21(7-17-26)20-27(42-35(48)53-36(2,3)4)34(47)52-33-31(40)29(38)28(37)30(39)32(33)41/h6-17,27H,5,18-20H2,1-4H3,(H,42,48)/t27-/m0/s1. The molecule has 0 saturated carbocycles. The van der Waals surface area contributed by atoms with Crippen LogP contribution >= 0.6 is 0 Å². The van der Waals surface area contributed by atoms with E-state index in [1.54, 1.807) is 57.2 Å². The molecule has 12 nitrogen and oxygen atoms in total. The molecule has 1 N–H and O–H groups in total. The van der Waals surface area contributed by atoms with Gasteiger partial charge in [-0.05, 0) is 81.8 Å². The number of nitro benzene ring substituents is 1. The van der Waals surface area contributed by atoms with Crippen LogP contribution < -0.4 is 19.7 Å². The number of alkyl carbamates (subject to hydrolysis) is 1. The van der Waals surface area contributed by atoms with Gasteiger partial charge in [0.1, 0.15) is 24.0 Å². The molecule has 17 heteroatoms. The zero-order valence-electron chi connectivity index (χ0n) is 28.9. The van der Waals surface area contributed by atoms with Crippen LogP contribution in [0.15, 0.2) is 83.0 Å². The first-order chi connectivity index (χ1) is 25.1. The number of benzene rings is 4. The fourth-order valence-electron chi connectivity index (χ4n) is 4.68. The zero-order valence-corrected chi connectivity index (χ0v) is 28.9. The number of esters is 1. The van der Waals surface area contributed by atoms with Crippen LogP contribution in [0.25, 0.3) is 0 Å². The number of carbonyl (C=O) groups excluding carboxylic acids is 2. The van der Waals surface area contributed by atoms with Crippen molar-refractivity contribution in [2.24, 2.45) is 10.2 Å². The molecule has 0 aliphatic rings. The molecule has 4 rings (SSSR count). The van der Waals surface area contributed by atoms with E-state index >= 15 is 0 Å². The molecule has 0 heterocycles. The van der Waals surface area contributed by atoms with E-state index in [2.05, 4.69) is 25.2 Å². The smallest absolute Gasteiger partial charge is 0.408 e. The lowest BCUT2D eigenvalue weighted by Gasteiger charge is -2.23. The minimum Gasteiger partial charge on any atom is -0.492 e. The molecule has 0 aliphatic carbocycles. The van der Waals surface area contributed by atoms with Crippen LogP contribution in [0.4, 0.5) is 49.5 Å². The van der Waals surface area contributed by atoms with Crippen LogP contribution in [0, 0.1) is 39.2 Å². The van der Waals surface area contributed by atoms with Gasteiger partial charge in [0.25, 0.3) is 5.69 Å². The van der Waals surface area contributed by atoms with Gasteiger partial charge >= 0.3 is 12.1 Å². The minimum absolute atomic E-state index is 0.0448. The van der Waals surface area contributed by atoms with Crippen molar-refractivity contribution in [3.8, 4) is 11.5 Å². The second-order valence-electron chi connectivity index (χ2n) is 12.3. The number of anilines is 1. The number of nitro groups is 1. The van der Waals surface area contributed by atoms with E-state index in [1.165, 1.54) is 24.3 Å². The van der Waals surface area contributed by atoms with Crippen LogP contribution in [-0.2, 0) is 16.0 Å². The summed E-state index contributed by atoms with van der Waals surface area (Å²) < 4.78 is 85.0. The average Bonchev–Trinajstić information content (AvgIpc) is 3.12. The lowest BCUT2D eigenvalue weighted by Crippen LogP contribution is -2.46. The molecule has 0 radical (unpaired) electrons. The van der Waals surface area contributed by atoms with E-state index in [0.29, 0.717) is 35.8 Å². The maximum atomic E-state index is 14.2. The van der Waals surface area contributed by atoms with Crippen molar-refractivity contribution in [3.05, 3.63) is 118 Å². The summed E-state index contributed by atoms with van der Waals surface area (Å²) in [4.78, 5) is 37.8. The monoisotopic (exact) mass is 743 g/mol. The Morgan fingerprint density at radius 3 is 1.87 bits per heavy atom. The maximum Gasteiger partial charge on any atom is 0.408 e. The average molecular weight is 744 g/mol. The fourth-order valence-corrected chi connectivity index (χ4v) is 4.68. The SMILES string of the molecule is CCN(CCOc1ccc(C[C@H](NC(=O)OC(C)(C)C)C(=O)Oc2c(F)c(F)c(F)c(F)c2F)cc1)c1ccc(N=Nc2ccc([N+](=O)[O-])cc2)cc1. The van der Waals surface area contributed by atoms with Gasteiger partial charge in [-0.15, -0.1) is 0 Å². The molecule has 0 aliphatic heterocycles. The third-order valence-electron chi connectivity index (χ3n) is 7.28. The van der Waals surface area contributed by atoms with Crippen molar-refractivity contribution in [3.63, 3.8) is 0 Å². The molecule has 0 spiro atoms. The van der Waals surface area contributed by atoms with Crippen molar-refractivity contribution in [1.82, 2.24) is 5.32 Å². The predicted molar refractivity (Wildman–Crippen MR) is 182 cm³/mol. The lowest BCUT2D eigenvalue weighted by atomic mass is 10.1. The number of nitrogens with zero attached hydrogens (tertiary/aromatic N) is 4. The summed E-state index contributed by atoms with van der Waals surface area (Å²) >= 11 is 0. The Morgan fingerprint density at radius 2 is 1.36 bits per heavy atom. The number of hydrogen-bond donors (Lipinski definition) is 1. The van der Waals surface area contributed by atoms with Gasteiger partial charge in [0.2, 0.25) is 34.8 Å². The van der Waals surface area contributed by atoms with Crippen molar-refractivity contribution in [2.75, 3.05) is 24.6 Å². The highest BCUT2D eigenvalue weighted by Crippen LogP contribution is 2.30. The first-order valence-corrected chi connectivity index (χ1v) is 16.0. The third-order valence-corrected chi connectivity index (χ3v) is 7.28. The van der Waals surface area contributed by atoms with Crippen LogP contribution in [0.5, 0.6) is 11.5 Å². The molecule has 0 saturated heterocycles. The highest BCUT2D eigenvalue weighted by Gasteiger charge is 2.32. The second kappa shape index (κ2) is 17.4. The molecule has 53 heavy (non-hydrogen) atoms. The number of hydrogen-bond acceptors (Lipinski definition) is 10. The number of ether oxygens (including phenoxy) is 3. The highest BCUT2D eigenvalue weighted by atomic mass is 19.2. The number of nitrogens with one attached hydrogen (secondary N) is 1. The number of halogens is 5. The first-order valence-electron chi connectivity index (χ1n) is 16.0. The largest absolute Gasteiger partial charge is 0.492 e. The van der Waals surface area contributed by atoms with Gasteiger partial charge in [-0.25, -0.2) is 22.8 Å². The topological polar surface area (TPSA) is 145 Å². The molecule has 0 fully saturated rings.